The molecule has 1 aromatic rings. The first kappa shape index (κ1) is 15.4. The van der Waals surface area contributed by atoms with Crippen LogP contribution >= 0.6 is 0 Å². The van der Waals surface area contributed by atoms with Crippen LogP contribution in [0, 0.1) is 10.1 Å². The average Bonchev–Trinajstić information content (AvgIpc) is 2.27. The lowest BCUT2D eigenvalue weighted by Crippen LogP contribution is -2.24. The number of nitrogens with zero attached hydrogens (tertiary/aromatic N) is 1. The number of nitro groups is 1. The molecule has 1 unspecified atom stereocenters. The van der Waals surface area contributed by atoms with Crippen molar-refractivity contribution < 1.29 is 18.1 Å². The molecule has 0 saturated heterocycles. The van der Waals surface area contributed by atoms with Crippen LogP contribution in [0.25, 0.3) is 0 Å². The van der Waals surface area contributed by atoms with E-state index in [-0.39, 0.29) is 18.0 Å². The van der Waals surface area contributed by atoms with Crippen molar-refractivity contribution in [2.75, 3.05) is 0 Å². The van der Waals surface area contributed by atoms with Crippen LogP contribution in [-0.2, 0) is 12.6 Å². The minimum Gasteiger partial charge on any atom is -0.327 e. The zero-order valence-electron chi connectivity index (χ0n) is 10.4. The highest BCUT2D eigenvalue weighted by Crippen LogP contribution is 2.34. The topological polar surface area (TPSA) is 69.2 Å². The summed E-state index contributed by atoms with van der Waals surface area (Å²) in [4.78, 5) is 9.69. The van der Waals surface area contributed by atoms with Gasteiger partial charge in [-0.3, -0.25) is 10.1 Å². The average molecular weight is 276 g/mol. The third kappa shape index (κ3) is 4.20. The largest absolute Gasteiger partial charge is 0.416 e. The van der Waals surface area contributed by atoms with E-state index >= 15 is 0 Å². The second-order valence-corrected chi connectivity index (χ2v) is 4.35. The maximum absolute atomic E-state index is 12.9. The predicted octanol–water partition coefficient (Wildman–Crippen LogP) is 3.28. The van der Waals surface area contributed by atoms with Gasteiger partial charge in [0.1, 0.15) is 0 Å². The third-order valence-electron chi connectivity index (χ3n) is 2.75. The Morgan fingerprint density at radius 1 is 1.42 bits per heavy atom. The van der Waals surface area contributed by atoms with Crippen LogP contribution in [0.15, 0.2) is 18.2 Å². The summed E-state index contributed by atoms with van der Waals surface area (Å²) in [5.74, 6) is 0. The summed E-state index contributed by atoms with van der Waals surface area (Å²) in [6.45, 7) is 1.89. The van der Waals surface area contributed by atoms with Crippen LogP contribution in [0.2, 0.25) is 0 Å². The number of benzene rings is 1. The molecule has 0 aromatic heterocycles. The van der Waals surface area contributed by atoms with Crippen molar-refractivity contribution in [3.05, 3.63) is 39.4 Å². The van der Waals surface area contributed by atoms with E-state index in [1.807, 2.05) is 6.92 Å². The van der Waals surface area contributed by atoms with Gasteiger partial charge in [-0.05, 0) is 18.4 Å². The Bertz CT molecular complexity index is 461. The summed E-state index contributed by atoms with van der Waals surface area (Å²) in [7, 11) is 0. The van der Waals surface area contributed by atoms with Crippen molar-refractivity contribution >= 4 is 5.69 Å². The Labute approximate surface area is 108 Å². The fraction of sp³-hybridized carbons (Fsp3) is 0.500. The Kier molecular flexibility index (Phi) is 4.88. The third-order valence-corrected chi connectivity index (χ3v) is 2.75. The van der Waals surface area contributed by atoms with Gasteiger partial charge < -0.3 is 5.73 Å². The molecule has 0 aliphatic rings. The van der Waals surface area contributed by atoms with Crippen LogP contribution in [0.4, 0.5) is 18.9 Å². The maximum Gasteiger partial charge on any atom is 0.416 e. The summed E-state index contributed by atoms with van der Waals surface area (Å²) in [5.41, 5.74) is 4.18. The molecular weight excluding hydrogens is 261 g/mol. The van der Waals surface area contributed by atoms with Gasteiger partial charge in [-0.1, -0.05) is 19.4 Å². The highest BCUT2D eigenvalue weighted by Gasteiger charge is 2.35. The van der Waals surface area contributed by atoms with E-state index in [1.165, 1.54) is 0 Å². The molecule has 1 rings (SSSR count). The Morgan fingerprint density at radius 3 is 2.53 bits per heavy atom. The molecule has 0 amide bonds. The van der Waals surface area contributed by atoms with E-state index < -0.39 is 22.4 Å². The van der Waals surface area contributed by atoms with Gasteiger partial charge in [0.15, 0.2) is 0 Å². The predicted molar refractivity (Wildman–Crippen MR) is 64.7 cm³/mol. The molecule has 106 valence electrons. The van der Waals surface area contributed by atoms with Crippen LogP contribution in [-0.4, -0.2) is 11.0 Å². The van der Waals surface area contributed by atoms with Gasteiger partial charge in [0.2, 0.25) is 0 Å². The number of hydrogen-bond acceptors (Lipinski definition) is 3. The summed E-state index contributed by atoms with van der Waals surface area (Å²) < 4.78 is 38.6. The van der Waals surface area contributed by atoms with E-state index in [4.69, 9.17) is 5.73 Å². The molecule has 1 aromatic carbocycles. The first-order valence-corrected chi connectivity index (χ1v) is 5.85. The van der Waals surface area contributed by atoms with Crippen LogP contribution in [0.5, 0.6) is 0 Å². The molecule has 0 heterocycles. The summed E-state index contributed by atoms with van der Waals surface area (Å²) >= 11 is 0. The van der Waals surface area contributed by atoms with E-state index in [9.17, 15) is 23.3 Å². The molecule has 4 nitrogen and oxygen atoms in total. The van der Waals surface area contributed by atoms with Crippen molar-refractivity contribution in [1.82, 2.24) is 0 Å². The molecule has 0 spiro atoms. The molecule has 7 heteroatoms. The number of alkyl halides is 3. The molecule has 0 radical (unpaired) electrons. The summed E-state index contributed by atoms with van der Waals surface area (Å²) in [6, 6.07) is 2.39. The number of rotatable bonds is 5. The molecular formula is C12H15F3N2O2. The normalized spacial score (nSPS) is 13.3. The molecule has 0 bridgehead atoms. The van der Waals surface area contributed by atoms with Crippen molar-refractivity contribution in [1.29, 1.82) is 0 Å². The van der Waals surface area contributed by atoms with Gasteiger partial charge in [0.25, 0.3) is 5.69 Å². The van der Waals surface area contributed by atoms with E-state index in [0.717, 1.165) is 18.6 Å². The highest BCUT2D eigenvalue weighted by molar-refractivity contribution is 5.41. The number of hydrogen-bond donors (Lipinski definition) is 1. The quantitative estimate of drug-likeness (QED) is 0.662. The van der Waals surface area contributed by atoms with E-state index in [0.29, 0.717) is 12.5 Å². The zero-order chi connectivity index (χ0) is 14.6. The minimum absolute atomic E-state index is 0.000880. The zero-order valence-corrected chi connectivity index (χ0v) is 10.4. The molecule has 0 fully saturated rings. The molecule has 1 atom stereocenters. The van der Waals surface area contributed by atoms with E-state index in [1.54, 1.807) is 0 Å². The number of non-ortho nitro benzene ring substituents is 1. The lowest BCUT2D eigenvalue weighted by atomic mass is 9.97. The van der Waals surface area contributed by atoms with E-state index in [2.05, 4.69) is 0 Å². The second-order valence-electron chi connectivity index (χ2n) is 4.35. The SMILES string of the molecule is CCCC(N)Cc1ccc([N+](=O)[O-])cc1C(F)(F)F. The van der Waals surface area contributed by atoms with Gasteiger partial charge in [-0.25, -0.2) is 0 Å². The Balaban J connectivity index is 3.13. The van der Waals surface area contributed by atoms with Crippen LogP contribution in [0.1, 0.15) is 30.9 Å². The standard InChI is InChI=1S/C12H15F3N2O2/c1-2-3-9(16)6-8-4-5-10(17(18)19)7-11(8)12(13,14)15/h4-5,7,9H,2-3,6,16H2,1H3. The molecule has 0 saturated carbocycles. The minimum atomic E-state index is -4.62. The highest BCUT2D eigenvalue weighted by atomic mass is 19.4. The summed E-state index contributed by atoms with van der Waals surface area (Å²) in [5, 5.41) is 10.5. The van der Waals surface area contributed by atoms with Crippen molar-refractivity contribution in [3.63, 3.8) is 0 Å². The Hall–Kier alpha value is -1.63. The van der Waals surface area contributed by atoms with Crippen molar-refractivity contribution in [2.45, 2.75) is 38.4 Å². The number of nitro benzene ring substituents is 1. The van der Waals surface area contributed by atoms with Crippen LogP contribution < -0.4 is 5.73 Å². The summed E-state index contributed by atoms with van der Waals surface area (Å²) in [6.07, 6.45) is -3.18. The monoisotopic (exact) mass is 276 g/mol. The van der Waals surface area contributed by atoms with Gasteiger partial charge in [0.05, 0.1) is 10.5 Å². The van der Waals surface area contributed by atoms with Gasteiger partial charge in [-0.2, -0.15) is 13.2 Å². The molecule has 19 heavy (non-hydrogen) atoms. The molecule has 2 N–H and O–H groups in total. The van der Waals surface area contributed by atoms with Crippen molar-refractivity contribution in [3.8, 4) is 0 Å². The smallest absolute Gasteiger partial charge is 0.327 e. The first-order chi connectivity index (χ1) is 8.75. The second kappa shape index (κ2) is 6.01. The van der Waals surface area contributed by atoms with Crippen molar-refractivity contribution in [2.24, 2.45) is 5.73 Å². The fourth-order valence-electron chi connectivity index (χ4n) is 1.88. The molecule has 0 aliphatic heterocycles. The first-order valence-electron chi connectivity index (χ1n) is 5.85. The Morgan fingerprint density at radius 2 is 2.05 bits per heavy atom. The fourth-order valence-corrected chi connectivity index (χ4v) is 1.88. The van der Waals surface area contributed by atoms with Gasteiger partial charge in [-0.15, -0.1) is 0 Å². The maximum atomic E-state index is 12.9. The lowest BCUT2D eigenvalue weighted by molar-refractivity contribution is -0.385. The van der Waals surface area contributed by atoms with Crippen LogP contribution in [0.3, 0.4) is 0 Å². The molecule has 0 aliphatic carbocycles. The lowest BCUT2D eigenvalue weighted by Gasteiger charge is -2.16. The number of nitrogens with two attached hydrogens (primary N) is 1. The van der Waals surface area contributed by atoms with Gasteiger partial charge >= 0.3 is 6.18 Å². The van der Waals surface area contributed by atoms with Gasteiger partial charge in [0, 0.05) is 18.2 Å². The number of halogens is 3.